The van der Waals surface area contributed by atoms with Crippen LogP contribution in [0.15, 0.2) is 77.7 Å². The first-order valence-corrected chi connectivity index (χ1v) is 16.5. The van der Waals surface area contributed by atoms with Gasteiger partial charge in [-0.1, -0.05) is 80.3 Å². The lowest BCUT2D eigenvalue weighted by atomic mass is 9.95. The number of carbonyl (C=O) groups excluding carboxylic acids is 2. The summed E-state index contributed by atoms with van der Waals surface area (Å²) in [7, 11) is -2.71. The highest BCUT2D eigenvalue weighted by atomic mass is 32.2. The van der Waals surface area contributed by atoms with Gasteiger partial charge in [0, 0.05) is 12.6 Å². The first-order valence-electron chi connectivity index (χ1n) is 15.0. The molecule has 3 aromatic carbocycles. The quantitative estimate of drug-likeness (QED) is 0.283. The van der Waals surface area contributed by atoms with E-state index in [4.69, 9.17) is 4.74 Å². The van der Waals surface area contributed by atoms with Gasteiger partial charge in [0.1, 0.15) is 18.3 Å². The third-order valence-corrected chi connectivity index (χ3v) is 9.80. The number of amides is 2. The minimum Gasteiger partial charge on any atom is -0.495 e. The highest BCUT2D eigenvalue weighted by Crippen LogP contribution is 2.34. The fourth-order valence-corrected chi connectivity index (χ4v) is 7.02. The van der Waals surface area contributed by atoms with Crippen molar-refractivity contribution in [3.8, 4) is 5.75 Å². The zero-order valence-corrected chi connectivity index (χ0v) is 26.4. The molecule has 0 radical (unpaired) electrons. The molecular weight excluding hydrogens is 562 g/mol. The average molecular weight is 606 g/mol. The number of aryl methyl sites for hydroxylation is 2. The molecule has 9 heteroatoms. The number of ether oxygens (including phenoxy) is 1. The molecule has 3 aromatic rings. The van der Waals surface area contributed by atoms with Crippen LogP contribution in [0.1, 0.15) is 62.1 Å². The van der Waals surface area contributed by atoms with Gasteiger partial charge in [-0.3, -0.25) is 13.9 Å². The topological polar surface area (TPSA) is 96.0 Å². The number of sulfonamides is 1. The fourth-order valence-electron chi connectivity index (χ4n) is 5.58. The molecule has 2 amide bonds. The van der Waals surface area contributed by atoms with Crippen LogP contribution >= 0.6 is 0 Å². The van der Waals surface area contributed by atoms with Crippen LogP contribution in [0.3, 0.4) is 0 Å². The number of methoxy groups -OCH3 is 1. The predicted octanol–water partition coefficient (Wildman–Crippen LogP) is 5.76. The Labute approximate surface area is 256 Å². The van der Waals surface area contributed by atoms with E-state index in [0.717, 1.165) is 53.1 Å². The lowest BCUT2D eigenvalue weighted by molar-refractivity contribution is -0.140. The standard InChI is InChI=1S/C34H43N3O5S/c1-5-30(34(39)35-28-12-8-6-9-13-28)36(23-27-19-16-25(2)17-20-27)33(38)24-37(31-22-26(3)18-21-32(31)42-4)43(40,41)29-14-10-7-11-15-29/h7,10-11,14-22,28,30H,5-6,8-9,12-13,23-24H2,1-4H3,(H,35,39). The Bertz CT molecular complexity index is 1490. The van der Waals surface area contributed by atoms with Crippen molar-refractivity contribution in [2.75, 3.05) is 18.0 Å². The smallest absolute Gasteiger partial charge is 0.264 e. The van der Waals surface area contributed by atoms with Crippen LogP contribution < -0.4 is 14.4 Å². The summed E-state index contributed by atoms with van der Waals surface area (Å²) >= 11 is 0. The molecule has 1 fully saturated rings. The van der Waals surface area contributed by atoms with Crippen molar-refractivity contribution in [1.29, 1.82) is 0 Å². The summed E-state index contributed by atoms with van der Waals surface area (Å²) in [5, 5.41) is 3.18. The third-order valence-electron chi connectivity index (χ3n) is 8.02. The number of carbonyl (C=O) groups is 2. The van der Waals surface area contributed by atoms with E-state index in [9.17, 15) is 18.0 Å². The first kappa shape index (κ1) is 32.1. The normalized spacial score (nSPS) is 14.5. The Kier molecular flexibility index (Phi) is 10.9. The molecule has 1 unspecified atom stereocenters. The van der Waals surface area contributed by atoms with Crippen LogP contribution in [0.2, 0.25) is 0 Å². The molecular formula is C34H43N3O5S. The van der Waals surface area contributed by atoms with Crippen LogP contribution in [0.25, 0.3) is 0 Å². The van der Waals surface area contributed by atoms with Crippen molar-refractivity contribution in [2.45, 2.75) is 82.8 Å². The summed E-state index contributed by atoms with van der Waals surface area (Å²) in [6, 6.07) is 20.4. The summed E-state index contributed by atoms with van der Waals surface area (Å²) in [4.78, 5) is 29.6. The third kappa shape index (κ3) is 7.96. The number of rotatable bonds is 12. The van der Waals surface area contributed by atoms with Gasteiger partial charge in [-0.2, -0.15) is 0 Å². The number of benzene rings is 3. The number of hydrogen-bond donors (Lipinski definition) is 1. The van der Waals surface area contributed by atoms with E-state index >= 15 is 0 Å². The van der Waals surface area contributed by atoms with Crippen LogP contribution in [0, 0.1) is 13.8 Å². The van der Waals surface area contributed by atoms with E-state index in [1.54, 1.807) is 30.3 Å². The molecule has 0 heterocycles. The van der Waals surface area contributed by atoms with Gasteiger partial charge in [0.2, 0.25) is 11.8 Å². The maximum absolute atomic E-state index is 14.4. The van der Waals surface area contributed by atoms with Gasteiger partial charge in [0.25, 0.3) is 10.0 Å². The summed E-state index contributed by atoms with van der Waals surface area (Å²) in [5.74, 6) is -0.361. The van der Waals surface area contributed by atoms with Crippen molar-refractivity contribution in [1.82, 2.24) is 10.2 Å². The van der Waals surface area contributed by atoms with Crippen LogP contribution in [-0.2, 0) is 26.2 Å². The lowest BCUT2D eigenvalue weighted by Gasteiger charge is -2.34. The SMILES string of the molecule is CCC(C(=O)NC1CCCCC1)N(Cc1ccc(C)cc1)C(=O)CN(c1cc(C)ccc1OC)S(=O)(=O)c1ccccc1. The number of hydrogen-bond acceptors (Lipinski definition) is 5. The van der Waals surface area contributed by atoms with Gasteiger partial charge in [0.15, 0.2) is 0 Å². The predicted molar refractivity (Wildman–Crippen MR) is 170 cm³/mol. The van der Waals surface area contributed by atoms with Gasteiger partial charge in [-0.05, 0) is 68.5 Å². The second-order valence-electron chi connectivity index (χ2n) is 11.3. The van der Waals surface area contributed by atoms with Gasteiger partial charge in [0.05, 0.1) is 17.7 Å². The van der Waals surface area contributed by atoms with Crippen molar-refractivity contribution >= 4 is 27.5 Å². The molecule has 0 aromatic heterocycles. The summed E-state index contributed by atoms with van der Waals surface area (Å²) < 4.78 is 34.9. The van der Waals surface area contributed by atoms with E-state index in [1.807, 2.05) is 51.1 Å². The molecule has 0 bridgehead atoms. The van der Waals surface area contributed by atoms with E-state index in [1.165, 1.54) is 24.1 Å². The average Bonchev–Trinajstić information content (AvgIpc) is 3.01. The van der Waals surface area contributed by atoms with E-state index < -0.39 is 28.5 Å². The molecule has 1 N–H and O–H groups in total. The Morgan fingerprint density at radius 3 is 2.21 bits per heavy atom. The molecule has 1 aliphatic rings. The largest absolute Gasteiger partial charge is 0.495 e. The number of nitrogens with zero attached hydrogens (tertiary/aromatic N) is 2. The van der Waals surface area contributed by atoms with Gasteiger partial charge >= 0.3 is 0 Å². The van der Waals surface area contributed by atoms with E-state index in [2.05, 4.69) is 5.32 Å². The molecule has 0 aliphatic heterocycles. The molecule has 230 valence electrons. The molecule has 1 aliphatic carbocycles. The van der Waals surface area contributed by atoms with E-state index in [-0.39, 0.29) is 29.1 Å². The van der Waals surface area contributed by atoms with Gasteiger partial charge in [-0.15, -0.1) is 0 Å². The molecule has 4 rings (SSSR count). The Balaban J connectivity index is 1.74. The highest BCUT2D eigenvalue weighted by molar-refractivity contribution is 7.92. The minimum atomic E-state index is -4.18. The zero-order chi connectivity index (χ0) is 31.0. The van der Waals surface area contributed by atoms with Crippen molar-refractivity contribution in [2.24, 2.45) is 0 Å². The molecule has 8 nitrogen and oxygen atoms in total. The fraction of sp³-hybridized carbons (Fsp3) is 0.412. The molecule has 1 saturated carbocycles. The van der Waals surface area contributed by atoms with Crippen LogP contribution in [0.4, 0.5) is 5.69 Å². The van der Waals surface area contributed by atoms with Crippen molar-refractivity contribution in [3.63, 3.8) is 0 Å². The van der Waals surface area contributed by atoms with Crippen LogP contribution in [-0.4, -0.2) is 50.9 Å². The molecule has 0 spiro atoms. The maximum atomic E-state index is 14.4. The molecule has 0 saturated heterocycles. The Morgan fingerprint density at radius 2 is 1.58 bits per heavy atom. The number of anilines is 1. The Hall–Kier alpha value is -3.85. The van der Waals surface area contributed by atoms with Gasteiger partial charge < -0.3 is 15.0 Å². The lowest BCUT2D eigenvalue weighted by Crippen LogP contribution is -2.54. The van der Waals surface area contributed by atoms with Crippen molar-refractivity contribution < 1.29 is 22.7 Å². The highest BCUT2D eigenvalue weighted by Gasteiger charge is 2.35. The molecule has 1 atom stereocenters. The summed E-state index contributed by atoms with van der Waals surface area (Å²) in [6.45, 7) is 5.38. The summed E-state index contributed by atoms with van der Waals surface area (Å²) in [5.41, 5.74) is 3.00. The second kappa shape index (κ2) is 14.6. The monoisotopic (exact) mass is 605 g/mol. The van der Waals surface area contributed by atoms with E-state index in [0.29, 0.717) is 12.2 Å². The Morgan fingerprint density at radius 1 is 0.930 bits per heavy atom. The first-order chi connectivity index (χ1) is 20.6. The summed E-state index contributed by atoms with van der Waals surface area (Å²) in [6.07, 6.45) is 5.52. The zero-order valence-electron chi connectivity index (χ0n) is 25.6. The second-order valence-corrected chi connectivity index (χ2v) is 13.1. The van der Waals surface area contributed by atoms with Crippen LogP contribution in [0.5, 0.6) is 5.75 Å². The van der Waals surface area contributed by atoms with Gasteiger partial charge in [-0.25, -0.2) is 8.42 Å². The maximum Gasteiger partial charge on any atom is 0.264 e. The number of nitrogens with one attached hydrogen (secondary N) is 1. The molecule has 43 heavy (non-hydrogen) atoms. The van der Waals surface area contributed by atoms with Crippen molar-refractivity contribution in [3.05, 3.63) is 89.5 Å². The minimum absolute atomic E-state index is 0.0542.